The van der Waals surface area contributed by atoms with Crippen LogP contribution < -0.4 is 4.90 Å². The SMILES string of the molecule is N#Cc1c2n(c3c(N4CCN(C(=O)c5ccco5)CC4)ncnc13)CCCCC2. The van der Waals surface area contributed by atoms with Gasteiger partial charge in [0.2, 0.25) is 0 Å². The Hall–Kier alpha value is -3.34. The lowest BCUT2D eigenvalue weighted by molar-refractivity contribution is 0.0714. The van der Waals surface area contributed by atoms with Crippen LogP contribution in [0, 0.1) is 11.3 Å². The quantitative estimate of drug-likeness (QED) is 0.668. The predicted octanol–water partition coefficient (Wildman–Crippen LogP) is 2.58. The molecule has 3 aromatic rings. The Morgan fingerprint density at radius 1 is 1.10 bits per heavy atom. The van der Waals surface area contributed by atoms with Crippen molar-refractivity contribution < 1.29 is 9.21 Å². The molecule has 8 nitrogen and oxygen atoms in total. The number of furan rings is 1. The van der Waals surface area contributed by atoms with E-state index in [1.165, 1.54) is 12.7 Å². The lowest BCUT2D eigenvalue weighted by atomic mass is 10.1. The molecule has 0 unspecified atom stereocenters. The fourth-order valence-electron chi connectivity index (χ4n) is 4.48. The molecule has 8 heteroatoms. The molecule has 1 fully saturated rings. The Labute approximate surface area is 168 Å². The topological polar surface area (TPSA) is 91.2 Å². The summed E-state index contributed by atoms with van der Waals surface area (Å²) in [7, 11) is 0. The molecule has 148 valence electrons. The third-order valence-electron chi connectivity index (χ3n) is 5.93. The number of anilines is 1. The number of fused-ring (bicyclic) bond motifs is 3. The molecule has 0 bridgehead atoms. The first-order valence-corrected chi connectivity index (χ1v) is 10.1. The van der Waals surface area contributed by atoms with Crippen molar-refractivity contribution >= 4 is 22.8 Å². The van der Waals surface area contributed by atoms with E-state index in [9.17, 15) is 10.1 Å². The third kappa shape index (κ3) is 2.94. The van der Waals surface area contributed by atoms with Crippen LogP contribution in [0.4, 0.5) is 5.82 Å². The number of aromatic nitrogens is 3. The van der Waals surface area contributed by atoms with Gasteiger partial charge in [-0.25, -0.2) is 9.97 Å². The zero-order valence-electron chi connectivity index (χ0n) is 16.2. The molecule has 2 aliphatic heterocycles. The molecule has 1 amide bonds. The molecule has 0 atom stereocenters. The van der Waals surface area contributed by atoms with Gasteiger partial charge in [-0.15, -0.1) is 0 Å². The number of aryl methyl sites for hydroxylation is 1. The Bertz CT molecular complexity index is 1090. The maximum absolute atomic E-state index is 12.5. The number of nitrogens with zero attached hydrogens (tertiary/aromatic N) is 6. The Morgan fingerprint density at radius 2 is 1.97 bits per heavy atom. The van der Waals surface area contributed by atoms with Crippen LogP contribution in [0.5, 0.6) is 0 Å². The average molecular weight is 390 g/mol. The zero-order valence-corrected chi connectivity index (χ0v) is 16.2. The number of rotatable bonds is 2. The first-order chi connectivity index (χ1) is 14.3. The van der Waals surface area contributed by atoms with Gasteiger partial charge >= 0.3 is 0 Å². The number of hydrogen-bond acceptors (Lipinski definition) is 6. The molecular weight excluding hydrogens is 368 g/mol. The van der Waals surface area contributed by atoms with E-state index in [4.69, 9.17) is 4.42 Å². The first-order valence-electron chi connectivity index (χ1n) is 10.1. The number of carbonyl (C=O) groups excluding carboxylic acids is 1. The summed E-state index contributed by atoms with van der Waals surface area (Å²) in [4.78, 5) is 25.6. The fraction of sp³-hybridized carbons (Fsp3) is 0.429. The fourth-order valence-corrected chi connectivity index (χ4v) is 4.48. The summed E-state index contributed by atoms with van der Waals surface area (Å²) in [6, 6.07) is 5.81. The van der Waals surface area contributed by atoms with Crippen LogP contribution in [0.1, 0.15) is 41.1 Å². The van der Waals surface area contributed by atoms with Crippen molar-refractivity contribution in [2.45, 2.75) is 32.2 Å². The van der Waals surface area contributed by atoms with Crippen molar-refractivity contribution in [2.24, 2.45) is 0 Å². The number of nitriles is 1. The summed E-state index contributed by atoms with van der Waals surface area (Å²) in [5.74, 6) is 1.16. The van der Waals surface area contributed by atoms with Crippen LogP contribution in [-0.4, -0.2) is 51.5 Å². The molecule has 0 saturated carbocycles. The lowest BCUT2D eigenvalue weighted by Crippen LogP contribution is -2.49. The molecular formula is C21H22N6O2. The van der Waals surface area contributed by atoms with Crippen LogP contribution in [0.3, 0.4) is 0 Å². The van der Waals surface area contributed by atoms with E-state index in [1.54, 1.807) is 18.5 Å². The Morgan fingerprint density at radius 3 is 2.72 bits per heavy atom. The van der Waals surface area contributed by atoms with Crippen molar-refractivity contribution in [1.82, 2.24) is 19.4 Å². The summed E-state index contributed by atoms with van der Waals surface area (Å²) in [5, 5.41) is 9.77. The number of amides is 1. The largest absolute Gasteiger partial charge is 0.459 e. The van der Waals surface area contributed by atoms with Crippen molar-refractivity contribution in [3.05, 3.63) is 41.7 Å². The van der Waals surface area contributed by atoms with E-state index >= 15 is 0 Å². The van der Waals surface area contributed by atoms with E-state index in [0.717, 1.165) is 48.4 Å². The molecule has 5 heterocycles. The predicted molar refractivity (Wildman–Crippen MR) is 107 cm³/mol. The minimum atomic E-state index is -0.0780. The van der Waals surface area contributed by atoms with E-state index in [1.807, 2.05) is 4.90 Å². The van der Waals surface area contributed by atoms with Gasteiger partial charge in [-0.3, -0.25) is 4.79 Å². The molecule has 3 aromatic heterocycles. The van der Waals surface area contributed by atoms with Crippen molar-refractivity contribution in [3.8, 4) is 6.07 Å². The Balaban J connectivity index is 1.46. The molecule has 2 aliphatic rings. The normalized spacial score (nSPS) is 17.1. The van der Waals surface area contributed by atoms with E-state index in [-0.39, 0.29) is 5.91 Å². The highest BCUT2D eigenvalue weighted by atomic mass is 16.3. The molecule has 1 saturated heterocycles. The molecule has 0 aromatic carbocycles. The van der Waals surface area contributed by atoms with Crippen molar-refractivity contribution in [3.63, 3.8) is 0 Å². The maximum Gasteiger partial charge on any atom is 0.289 e. The zero-order chi connectivity index (χ0) is 19.8. The van der Waals surface area contributed by atoms with Crippen LogP contribution in [0.25, 0.3) is 11.0 Å². The molecule has 0 spiro atoms. The van der Waals surface area contributed by atoms with Crippen LogP contribution >= 0.6 is 0 Å². The van der Waals surface area contributed by atoms with Gasteiger partial charge in [-0.1, -0.05) is 6.42 Å². The van der Waals surface area contributed by atoms with E-state index in [0.29, 0.717) is 37.5 Å². The van der Waals surface area contributed by atoms with Gasteiger partial charge in [0, 0.05) is 38.4 Å². The Kier molecular flexibility index (Phi) is 4.43. The summed E-state index contributed by atoms with van der Waals surface area (Å²) in [6.07, 6.45) is 7.35. The molecule has 0 aliphatic carbocycles. The van der Waals surface area contributed by atoms with Gasteiger partial charge in [-0.05, 0) is 31.4 Å². The summed E-state index contributed by atoms with van der Waals surface area (Å²) in [6.45, 7) is 3.46. The second-order valence-corrected chi connectivity index (χ2v) is 7.55. The van der Waals surface area contributed by atoms with Gasteiger partial charge < -0.3 is 18.8 Å². The van der Waals surface area contributed by atoms with Gasteiger partial charge in [0.15, 0.2) is 11.6 Å². The van der Waals surface area contributed by atoms with Gasteiger partial charge in [0.05, 0.1) is 11.8 Å². The second-order valence-electron chi connectivity index (χ2n) is 7.55. The summed E-state index contributed by atoms with van der Waals surface area (Å²) >= 11 is 0. The minimum Gasteiger partial charge on any atom is -0.459 e. The van der Waals surface area contributed by atoms with Crippen LogP contribution in [0.2, 0.25) is 0 Å². The molecule has 29 heavy (non-hydrogen) atoms. The smallest absolute Gasteiger partial charge is 0.289 e. The molecule has 5 rings (SSSR count). The number of piperazine rings is 1. The number of carbonyl (C=O) groups is 1. The second kappa shape index (κ2) is 7.24. The highest BCUT2D eigenvalue weighted by Crippen LogP contribution is 2.33. The van der Waals surface area contributed by atoms with Crippen molar-refractivity contribution in [2.75, 3.05) is 31.1 Å². The third-order valence-corrected chi connectivity index (χ3v) is 5.93. The highest BCUT2D eigenvalue weighted by Gasteiger charge is 2.28. The highest BCUT2D eigenvalue weighted by molar-refractivity contribution is 5.93. The molecule has 0 N–H and O–H groups in total. The van der Waals surface area contributed by atoms with Crippen LogP contribution in [0.15, 0.2) is 29.1 Å². The van der Waals surface area contributed by atoms with Gasteiger partial charge in [0.25, 0.3) is 5.91 Å². The van der Waals surface area contributed by atoms with E-state index in [2.05, 4.69) is 25.5 Å². The lowest BCUT2D eigenvalue weighted by Gasteiger charge is -2.35. The monoisotopic (exact) mass is 390 g/mol. The van der Waals surface area contributed by atoms with E-state index < -0.39 is 0 Å². The van der Waals surface area contributed by atoms with Crippen molar-refractivity contribution in [1.29, 1.82) is 5.26 Å². The number of hydrogen-bond donors (Lipinski definition) is 0. The maximum atomic E-state index is 12.5. The standard InChI is InChI=1S/C21H22N6O2/c22-13-15-16-5-2-1-3-7-27(16)19-18(15)23-14-24-20(19)25-8-10-26(11-9-25)21(28)17-6-4-12-29-17/h4,6,12,14H,1-3,5,7-11H2. The van der Waals surface area contributed by atoms with Crippen LogP contribution in [-0.2, 0) is 13.0 Å². The summed E-state index contributed by atoms with van der Waals surface area (Å²) < 4.78 is 7.51. The van der Waals surface area contributed by atoms with Gasteiger partial charge in [0.1, 0.15) is 23.4 Å². The van der Waals surface area contributed by atoms with Gasteiger partial charge in [-0.2, -0.15) is 5.26 Å². The minimum absolute atomic E-state index is 0.0780. The summed E-state index contributed by atoms with van der Waals surface area (Å²) in [5.41, 5.74) is 3.50. The molecule has 0 radical (unpaired) electrons. The first kappa shape index (κ1) is 17.7. The average Bonchev–Trinajstić information content (AvgIpc) is 3.33.